The van der Waals surface area contributed by atoms with Crippen LogP contribution in [0, 0.1) is 0 Å². The summed E-state index contributed by atoms with van der Waals surface area (Å²) < 4.78 is 23.3. The Labute approximate surface area is 98.0 Å². The third-order valence-electron chi connectivity index (χ3n) is 2.76. The summed E-state index contributed by atoms with van der Waals surface area (Å²) in [5.41, 5.74) is 0. The Bertz CT molecular complexity index is 235. The van der Waals surface area contributed by atoms with Gasteiger partial charge in [0.25, 0.3) is 0 Å². The van der Waals surface area contributed by atoms with Crippen molar-refractivity contribution in [2.45, 2.75) is 26.1 Å². The first-order valence-corrected chi connectivity index (χ1v) is 7.82. The minimum Gasteiger partial charge on any atom is -0.374 e. The van der Waals surface area contributed by atoms with Crippen molar-refractivity contribution in [1.82, 2.24) is 4.90 Å². The molecule has 16 heavy (non-hydrogen) atoms. The summed E-state index contributed by atoms with van der Waals surface area (Å²) in [5.74, 6) is 0. The van der Waals surface area contributed by atoms with Crippen LogP contribution in [0.2, 0.25) is 0 Å². The van der Waals surface area contributed by atoms with Crippen LogP contribution >= 0.6 is 0 Å². The van der Waals surface area contributed by atoms with E-state index in [0.29, 0.717) is 19.4 Å². The van der Waals surface area contributed by atoms with Crippen LogP contribution in [0.5, 0.6) is 0 Å². The van der Waals surface area contributed by atoms with E-state index in [1.54, 1.807) is 0 Å². The number of fused-ring (bicyclic) bond motifs is 2. The highest BCUT2D eigenvalue weighted by Crippen LogP contribution is 2.23. The first-order valence-electron chi connectivity index (χ1n) is 5.89. The number of hydrogen-bond donors (Lipinski definition) is 0. The Hall–Kier alpha value is 0.0169. The highest BCUT2D eigenvalue weighted by atomic mass is 28.4. The zero-order valence-corrected chi connectivity index (χ0v) is 11.3. The molecule has 2 rings (SSSR count). The molecule has 0 N–H and O–H groups in total. The molecule has 5 nitrogen and oxygen atoms in total. The summed E-state index contributed by atoms with van der Waals surface area (Å²) in [5, 5.41) is 0. The molecule has 94 valence electrons. The molecule has 3 unspecified atom stereocenters. The Balaban J connectivity index is 2.10. The summed E-state index contributed by atoms with van der Waals surface area (Å²) in [7, 11) is -0.481. The maximum Gasteiger partial charge on any atom is 0.528 e. The van der Waals surface area contributed by atoms with E-state index in [-0.39, 0.29) is 12.2 Å². The molecule has 6 heteroatoms. The van der Waals surface area contributed by atoms with Gasteiger partial charge in [0, 0.05) is 19.7 Å². The maximum atomic E-state index is 6.02. The van der Waals surface area contributed by atoms with Gasteiger partial charge in [0.1, 0.15) is 6.23 Å². The number of rotatable bonds is 2. The van der Waals surface area contributed by atoms with E-state index in [1.165, 1.54) is 0 Å². The molecular formula is C10H21NO4Si. The van der Waals surface area contributed by atoms with Crippen LogP contribution in [0.15, 0.2) is 0 Å². The van der Waals surface area contributed by atoms with Crippen LogP contribution in [0.4, 0.5) is 0 Å². The minimum atomic E-state index is -2.56. The van der Waals surface area contributed by atoms with Gasteiger partial charge >= 0.3 is 8.80 Å². The first-order chi connectivity index (χ1) is 7.63. The standard InChI is InChI=1S/C10H21NO4Si/c1-4-13-16-8-12-7-10(15-16)6-11(3)5-9(2)14-16/h9-10H,4-8H2,1-3H3. The van der Waals surface area contributed by atoms with Crippen molar-refractivity contribution in [2.24, 2.45) is 0 Å². The predicted octanol–water partition coefficient (Wildman–Crippen LogP) is 0.267. The molecule has 2 fully saturated rings. The fourth-order valence-corrected chi connectivity index (χ4v) is 4.88. The minimum absolute atomic E-state index is 0.0875. The molecule has 2 heterocycles. The highest BCUT2D eigenvalue weighted by Gasteiger charge is 2.49. The number of nitrogens with zero attached hydrogens (tertiary/aromatic N) is 1. The monoisotopic (exact) mass is 247 g/mol. The average Bonchev–Trinajstić information content (AvgIpc) is 2.15. The molecule has 0 aromatic carbocycles. The quantitative estimate of drug-likeness (QED) is 0.655. The van der Waals surface area contributed by atoms with E-state index in [9.17, 15) is 0 Å². The third kappa shape index (κ3) is 2.82. The molecule has 0 radical (unpaired) electrons. The van der Waals surface area contributed by atoms with Crippen LogP contribution in [0.1, 0.15) is 13.8 Å². The summed E-state index contributed by atoms with van der Waals surface area (Å²) >= 11 is 0. The van der Waals surface area contributed by atoms with Gasteiger partial charge in [0.2, 0.25) is 0 Å². The zero-order chi connectivity index (χ0) is 11.6. The second-order valence-corrected chi connectivity index (χ2v) is 6.94. The molecule has 2 saturated heterocycles. The van der Waals surface area contributed by atoms with Crippen LogP contribution in [-0.2, 0) is 18.0 Å². The van der Waals surface area contributed by atoms with E-state index >= 15 is 0 Å². The van der Waals surface area contributed by atoms with Crippen molar-refractivity contribution in [3.63, 3.8) is 0 Å². The molecule has 0 aromatic rings. The summed E-state index contributed by atoms with van der Waals surface area (Å²) in [6.07, 6.45) is 0.709. The first kappa shape index (κ1) is 12.5. The molecule has 2 bridgehead atoms. The van der Waals surface area contributed by atoms with Crippen molar-refractivity contribution in [3.05, 3.63) is 0 Å². The van der Waals surface area contributed by atoms with Gasteiger partial charge in [-0.3, -0.25) is 0 Å². The number of hydrogen-bond acceptors (Lipinski definition) is 5. The fourth-order valence-electron chi connectivity index (χ4n) is 2.32. The Morgan fingerprint density at radius 3 is 2.94 bits per heavy atom. The van der Waals surface area contributed by atoms with E-state index < -0.39 is 8.80 Å². The molecule has 3 atom stereocenters. The normalized spacial score (nSPS) is 41.4. The van der Waals surface area contributed by atoms with Crippen LogP contribution in [0.25, 0.3) is 0 Å². The highest BCUT2D eigenvalue weighted by molar-refractivity contribution is 6.60. The maximum absolute atomic E-state index is 6.02. The number of likely N-dealkylation sites (N-methyl/N-ethyl adjacent to an activating group) is 1. The van der Waals surface area contributed by atoms with Crippen LogP contribution < -0.4 is 0 Å². The third-order valence-corrected chi connectivity index (χ3v) is 5.50. The summed E-state index contributed by atoms with van der Waals surface area (Å²) in [6.45, 7) is 7.09. The zero-order valence-electron chi connectivity index (χ0n) is 10.3. The summed E-state index contributed by atoms with van der Waals surface area (Å²) in [6, 6.07) is 0. The van der Waals surface area contributed by atoms with Gasteiger partial charge in [-0.1, -0.05) is 0 Å². The van der Waals surface area contributed by atoms with Crippen molar-refractivity contribution >= 4 is 8.80 Å². The molecule has 0 aliphatic carbocycles. The van der Waals surface area contributed by atoms with E-state index in [0.717, 1.165) is 13.1 Å². The van der Waals surface area contributed by atoms with Gasteiger partial charge in [-0.2, -0.15) is 0 Å². The van der Waals surface area contributed by atoms with Gasteiger partial charge in [0.05, 0.1) is 18.8 Å². The fraction of sp³-hybridized carbons (Fsp3) is 1.00. The molecular weight excluding hydrogens is 226 g/mol. The van der Waals surface area contributed by atoms with E-state index in [2.05, 4.69) is 18.9 Å². The SMILES string of the molecule is CCO[Si]12COCC(CN(C)CC(C)O1)O2. The van der Waals surface area contributed by atoms with Crippen molar-refractivity contribution in [2.75, 3.05) is 39.6 Å². The second-order valence-electron chi connectivity index (χ2n) is 4.52. The lowest BCUT2D eigenvalue weighted by Crippen LogP contribution is -2.62. The van der Waals surface area contributed by atoms with Gasteiger partial charge in [0.15, 0.2) is 0 Å². The van der Waals surface area contributed by atoms with Gasteiger partial charge < -0.3 is 22.9 Å². The lowest BCUT2D eigenvalue weighted by Gasteiger charge is -2.42. The van der Waals surface area contributed by atoms with Crippen LogP contribution in [0.3, 0.4) is 0 Å². The average molecular weight is 247 g/mol. The molecule has 0 amide bonds. The molecule has 0 saturated carbocycles. The van der Waals surface area contributed by atoms with Crippen LogP contribution in [-0.4, -0.2) is 65.5 Å². The van der Waals surface area contributed by atoms with Gasteiger partial charge in [-0.05, 0) is 20.9 Å². The second kappa shape index (κ2) is 5.12. The molecule has 2 aliphatic heterocycles. The lowest BCUT2D eigenvalue weighted by molar-refractivity contribution is -0.0991. The van der Waals surface area contributed by atoms with E-state index in [1.807, 2.05) is 6.92 Å². The Morgan fingerprint density at radius 2 is 2.19 bits per heavy atom. The molecule has 0 spiro atoms. The largest absolute Gasteiger partial charge is 0.528 e. The van der Waals surface area contributed by atoms with E-state index in [4.69, 9.17) is 18.0 Å². The van der Waals surface area contributed by atoms with Gasteiger partial charge in [-0.25, -0.2) is 0 Å². The summed E-state index contributed by atoms with van der Waals surface area (Å²) in [4.78, 5) is 2.22. The topological polar surface area (TPSA) is 40.2 Å². The Morgan fingerprint density at radius 1 is 1.38 bits per heavy atom. The van der Waals surface area contributed by atoms with Crippen molar-refractivity contribution < 1.29 is 18.0 Å². The molecule has 0 aromatic heterocycles. The predicted molar refractivity (Wildman–Crippen MR) is 61.1 cm³/mol. The van der Waals surface area contributed by atoms with Crippen molar-refractivity contribution in [1.29, 1.82) is 0 Å². The Kier molecular flexibility index (Phi) is 3.99. The molecule has 2 aliphatic rings. The van der Waals surface area contributed by atoms with Crippen molar-refractivity contribution in [3.8, 4) is 0 Å². The smallest absolute Gasteiger partial charge is 0.374 e. The lowest BCUT2D eigenvalue weighted by atomic mass is 10.3. The number of ether oxygens (including phenoxy) is 1. The van der Waals surface area contributed by atoms with Gasteiger partial charge in [-0.15, -0.1) is 0 Å².